The van der Waals surface area contributed by atoms with E-state index in [1.54, 1.807) is 30.5 Å². The third-order valence-corrected chi connectivity index (χ3v) is 6.98. The number of morpholine rings is 2. The predicted molar refractivity (Wildman–Crippen MR) is 159 cm³/mol. The van der Waals surface area contributed by atoms with E-state index in [1.165, 1.54) is 7.11 Å². The summed E-state index contributed by atoms with van der Waals surface area (Å²) in [5.41, 5.74) is 4.14. The van der Waals surface area contributed by atoms with Crippen LogP contribution < -0.4 is 24.7 Å². The summed E-state index contributed by atoms with van der Waals surface area (Å²) in [6.07, 6.45) is 1.62. The highest BCUT2D eigenvalue weighted by Gasteiger charge is 2.21. The number of hydrogen-bond donors (Lipinski definition) is 1. The maximum absolute atomic E-state index is 13.0. The number of fused-ring (bicyclic) bond motifs is 1. The average molecular weight is 570 g/mol. The molecule has 2 aliphatic heterocycles. The van der Waals surface area contributed by atoms with Crippen molar-refractivity contribution in [2.75, 3.05) is 74.9 Å². The minimum atomic E-state index is -0.463. The largest absolute Gasteiger partial charge is 0.493 e. The smallest absolute Gasteiger partial charge is 0.344 e. The lowest BCUT2D eigenvalue weighted by atomic mass is 10.0. The molecule has 1 aromatic heterocycles. The number of methoxy groups -OCH3 is 1. The third kappa shape index (κ3) is 6.24. The first kappa shape index (κ1) is 27.4. The molecule has 12 heteroatoms. The first-order chi connectivity index (χ1) is 20.7. The van der Waals surface area contributed by atoms with Crippen LogP contribution in [-0.2, 0) is 9.47 Å². The van der Waals surface area contributed by atoms with E-state index in [-0.39, 0.29) is 0 Å². The summed E-state index contributed by atoms with van der Waals surface area (Å²) in [5.74, 6) is 1.73. The highest BCUT2D eigenvalue weighted by atomic mass is 16.6. The zero-order valence-electron chi connectivity index (χ0n) is 23.2. The zero-order valence-corrected chi connectivity index (χ0v) is 23.2. The quantitative estimate of drug-likeness (QED) is 0.145. The number of anilines is 3. The van der Waals surface area contributed by atoms with Crippen LogP contribution in [0.1, 0.15) is 15.9 Å². The summed E-state index contributed by atoms with van der Waals surface area (Å²) in [7, 11) is 1.52. The first-order valence-corrected chi connectivity index (χ1v) is 13.8. The average Bonchev–Trinajstić information content (AvgIpc) is 3.05. The number of nitrogens with zero attached hydrogens (tertiary/aromatic N) is 6. The van der Waals surface area contributed by atoms with E-state index in [9.17, 15) is 4.79 Å². The molecule has 216 valence electrons. The molecular weight excluding hydrogens is 538 g/mol. The van der Waals surface area contributed by atoms with Gasteiger partial charge in [-0.05, 0) is 40.6 Å². The second-order valence-corrected chi connectivity index (χ2v) is 9.65. The number of hydrazone groups is 1. The molecule has 0 spiro atoms. The second kappa shape index (κ2) is 12.8. The number of nitrogens with one attached hydrogen (secondary N) is 1. The van der Waals surface area contributed by atoms with E-state index < -0.39 is 5.97 Å². The van der Waals surface area contributed by atoms with E-state index in [1.807, 2.05) is 36.4 Å². The van der Waals surface area contributed by atoms with Crippen LogP contribution in [0.5, 0.6) is 11.5 Å². The summed E-state index contributed by atoms with van der Waals surface area (Å²) in [5, 5.41) is 6.14. The van der Waals surface area contributed by atoms with Crippen molar-refractivity contribution in [3.63, 3.8) is 0 Å². The molecule has 0 bridgehead atoms. The fraction of sp³-hybridized carbons (Fsp3) is 0.300. The van der Waals surface area contributed by atoms with Gasteiger partial charge in [-0.25, -0.2) is 10.2 Å². The monoisotopic (exact) mass is 569 g/mol. The van der Waals surface area contributed by atoms with Crippen LogP contribution >= 0.6 is 0 Å². The van der Waals surface area contributed by atoms with Gasteiger partial charge < -0.3 is 28.7 Å². The first-order valence-electron chi connectivity index (χ1n) is 13.8. The van der Waals surface area contributed by atoms with Gasteiger partial charge in [-0.15, -0.1) is 0 Å². The molecule has 1 N–H and O–H groups in total. The van der Waals surface area contributed by atoms with Gasteiger partial charge in [-0.2, -0.15) is 20.1 Å². The molecular formula is C30H31N7O5. The Balaban J connectivity index is 1.18. The summed E-state index contributed by atoms with van der Waals surface area (Å²) in [4.78, 5) is 31.1. The maximum atomic E-state index is 13.0. The molecule has 0 amide bonds. The molecule has 2 saturated heterocycles. The summed E-state index contributed by atoms with van der Waals surface area (Å²) in [6.45, 7) is 5.28. The Bertz CT molecular complexity index is 1540. The van der Waals surface area contributed by atoms with Crippen molar-refractivity contribution in [2.45, 2.75) is 0 Å². The van der Waals surface area contributed by atoms with Crippen molar-refractivity contribution in [1.29, 1.82) is 0 Å². The van der Waals surface area contributed by atoms with Crippen LogP contribution in [0, 0.1) is 0 Å². The minimum absolute atomic E-state index is 0.309. The van der Waals surface area contributed by atoms with Crippen LogP contribution in [0.2, 0.25) is 0 Å². The molecule has 0 saturated carbocycles. The molecule has 42 heavy (non-hydrogen) atoms. The standard InChI is InChI=1S/C30H31N7O5/c1-39-26-19-21(9-10-25(26)42-27(38)24-8-4-6-22-5-2-3-7-23(22)24)20-31-35-28-32-29(36-11-15-40-16-12-36)34-30(33-28)37-13-17-41-18-14-37/h2-10,19-20H,11-18H2,1H3,(H,32,33,34,35)/b31-20-. The number of aromatic nitrogens is 3. The highest BCUT2D eigenvalue weighted by molar-refractivity contribution is 6.05. The van der Waals surface area contributed by atoms with Gasteiger partial charge in [0.25, 0.3) is 0 Å². The van der Waals surface area contributed by atoms with Crippen molar-refractivity contribution in [3.8, 4) is 11.5 Å². The van der Waals surface area contributed by atoms with E-state index in [4.69, 9.17) is 23.9 Å². The molecule has 3 heterocycles. The molecule has 0 atom stereocenters. The fourth-order valence-electron chi connectivity index (χ4n) is 4.79. The molecule has 6 rings (SSSR count). The molecule has 0 aliphatic carbocycles. The number of carbonyl (C=O) groups is 1. The summed E-state index contributed by atoms with van der Waals surface area (Å²) in [6, 6.07) is 18.4. The normalized spacial score (nSPS) is 15.6. The van der Waals surface area contributed by atoms with E-state index in [0.29, 0.717) is 87.5 Å². The van der Waals surface area contributed by atoms with Crippen LogP contribution in [0.15, 0.2) is 65.8 Å². The van der Waals surface area contributed by atoms with E-state index in [0.717, 1.165) is 16.3 Å². The van der Waals surface area contributed by atoms with Crippen molar-refractivity contribution in [3.05, 3.63) is 71.8 Å². The lowest BCUT2D eigenvalue weighted by Crippen LogP contribution is -2.40. The highest BCUT2D eigenvalue weighted by Crippen LogP contribution is 2.29. The number of ether oxygens (including phenoxy) is 4. The van der Waals surface area contributed by atoms with Gasteiger partial charge in [0.1, 0.15) is 0 Å². The van der Waals surface area contributed by atoms with Gasteiger partial charge in [0.05, 0.1) is 45.3 Å². The fourth-order valence-corrected chi connectivity index (χ4v) is 4.79. The Kier molecular flexibility index (Phi) is 8.33. The molecule has 12 nitrogen and oxygen atoms in total. The van der Waals surface area contributed by atoms with E-state index in [2.05, 4.69) is 30.3 Å². The van der Waals surface area contributed by atoms with E-state index >= 15 is 0 Å². The van der Waals surface area contributed by atoms with Crippen LogP contribution in [-0.4, -0.2) is 86.9 Å². The molecule has 0 unspecified atom stereocenters. The van der Waals surface area contributed by atoms with Crippen molar-refractivity contribution >= 4 is 40.8 Å². The number of rotatable bonds is 8. The molecule has 2 aliphatic rings. The van der Waals surface area contributed by atoms with Gasteiger partial charge in [-0.3, -0.25) is 0 Å². The molecule has 4 aromatic rings. The van der Waals surface area contributed by atoms with Crippen LogP contribution in [0.4, 0.5) is 17.8 Å². The number of benzene rings is 3. The molecule has 3 aromatic carbocycles. The maximum Gasteiger partial charge on any atom is 0.344 e. The Morgan fingerprint density at radius 3 is 2.21 bits per heavy atom. The van der Waals surface area contributed by atoms with Crippen molar-refractivity contribution in [2.24, 2.45) is 5.10 Å². The van der Waals surface area contributed by atoms with Crippen LogP contribution in [0.25, 0.3) is 10.8 Å². The Labute approximate surface area is 242 Å². The lowest BCUT2D eigenvalue weighted by molar-refractivity contribution is 0.0731. The van der Waals surface area contributed by atoms with Crippen molar-refractivity contribution in [1.82, 2.24) is 15.0 Å². The Morgan fingerprint density at radius 2 is 1.52 bits per heavy atom. The Hall–Kier alpha value is -4.81. The molecule has 0 radical (unpaired) electrons. The lowest BCUT2D eigenvalue weighted by Gasteiger charge is -2.30. The number of hydrogen-bond acceptors (Lipinski definition) is 12. The SMILES string of the molecule is COc1cc(/C=N\Nc2nc(N3CCOCC3)nc(N3CCOCC3)n2)ccc1OC(=O)c1cccc2ccccc12. The summed E-state index contributed by atoms with van der Waals surface area (Å²) < 4.78 is 22.2. The van der Waals surface area contributed by atoms with Gasteiger partial charge in [-0.1, -0.05) is 36.4 Å². The molecule has 2 fully saturated rings. The minimum Gasteiger partial charge on any atom is -0.493 e. The Morgan fingerprint density at radius 1 is 0.857 bits per heavy atom. The summed E-state index contributed by atoms with van der Waals surface area (Å²) >= 11 is 0. The number of carbonyl (C=O) groups excluding carboxylic acids is 1. The van der Waals surface area contributed by atoms with Crippen LogP contribution in [0.3, 0.4) is 0 Å². The second-order valence-electron chi connectivity index (χ2n) is 9.65. The van der Waals surface area contributed by atoms with Gasteiger partial charge in [0, 0.05) is 26.2 Å². The number of esters is 1. The van der Waals surface area contributed by atoms with Gasteiger partial charge in [0.2, 0.25) is 17.8 Å². The third-order valence-electron chi connectivity index (χ3n) is 6.98. The van der Waals surface area contributed by atoms with Gasteiger partial charge >= 0.3 is 5.97 Å². The van der Waals surface area contributed by atoms with Gasteiger partial charge in [0.15, 0.2) is 11.5 Å². The predicted octanol–water partition coefficient (Wildman–Crippen LogP) is 3.37. The topological polar surface area (TPSA) is 124 Å². The van der Waals surface area contributed by atoms with Crippen molar-refractivity contribution < 1.29 is 23.7 Å². The zero-order chi connectivity index (χ0) is 28.7.